The molecule has 0 spiro atoms. The van der Waals surface area contributed by atoms with Crippen LogP contribution in [0.1, 0.15) is 6.42 Å². The first-order valence-electron chi connectivity index (χ1n) is 12.7. The molecule has 3 heterocycles. The van der Waals surface area contributed by atoms with Crippen LogP contribution in [0.4, 0.5) is 21.6 Å². The number of anilines is 3. The molecule has 42 heavy (non-hydrogen) atoms. The second-order valence-electron chi connectivity index (χ2n) is 9.56. The average Bonchev–Trinajstić information content (AvgIpc) is 3.45. The summed E-state index contributed by atoms with van der Waals surface area (Å²) >= 11 is 5.94. The predicted molar refractivity (Wildman–Crippen MR) is 150 cm³/mol. The summed E-state index contributed by atoms with van der Waals surface area (Å²) in [5, 5.41) is 6.18. The number of hydrogen-bond acceptors (Lipinski definition) is 11. The van der Waals surface area contributed by atoms with Crippen molar-refractivity contribution >= 4 is 57.5 Å². The van der Waals surface area contributed by atoms with Crippen molar-refractivity contribution in [3.63, 3.8) is 0 Å². The quantitative estimate of drug-likeness (QED) is 0.367. The molecule has 0 bridgehead atoms. The highest BCUT2D eigenvalue weighted by atomic mass is 35.5. The van der Waals surface area contributed by atoms with Crippen molar-refractivity contribution < 1.29 is 37.7 Å². The van der Waals surface area contributed by atoms with Gasteiger partial charge in [0.25, 0.3) is 5.91 Å². The van der Waals surface area contributed by atoms with Gasteiger partial charge in [-0.3, -0.25) is 4.79 Å². The Bertz CT molecular complexity index is 1620. The minimum atomic E-state index is -0.927. The van der Waals surface area contributed by atoms with Crippen LogP contribution in [0.15, 0.2) is 60.3 Å². The zero-order chi connectivity index (χ0) is 29.8. The molecule has 0 saturated carbocycles. The first kappa shape index (κ1) is 28.9. The summed E-state index contributed by atoms with van der Waals surface area (Å²) in [5.74, 6) is -3.26. The lowest BCUT2D eigenvalue weighted by Gasteiger charge is -2.20. The summed E-state index contributed by atoms with van der Waals surface area (Å²) in [6.07, 6.45) is 3.46. The standard InChI is InChI=1S/C28H25ClFN5O7/c1-35(2)12-23-26(42-25(37)6-5-24(36)41-23)28(38)34-21-10-17-20(11-22(21)40-16-7-8-39-13-16)31-14-32-27(17)33-15-3-4-19(30)18(29)9-15/h3-6,9-11,14,16H,7-8,12-13H2,1-2H3,(H,34,38)(H,31,32,33)/b6-5-,26-23-. The fraction of sp³-hybridized carbons (Fsp3) is 0.250. The van der Waals surface area contributed by atoms with E-state index in [1.807, 2.05) is 0 Å². The van der Waals surface area contributed by atoms with E-state index in [1.165, 1.54) is 24.5 Å². The van der Waals surface area contributed by atoms with Crippen LogP contribution < -0.4 is 15.4 Å². The van der Waals surface area contributed by atoms with Crippen molar-refractivity contribution in [3.05, 3.63) is 71.2 Å². The molecule has 1 atom stereocenters. The Hall–Kier alpha value is -4.59. The number of carbonyl (C=O) groups excluding carboxylic acids is 3. The number of esters is 2. The molecule has 1 saturated heterocycles. The third-order valence-corrected chi connectivity index (χ3v) is 6.34. The van der Waals surface area contributed by atoms with Crippen molar-refractivity contribution in [3.8, 4) is 5.75 Å². The molecule has 2 aliphatic rings. The van der Waals surface area contributed by atoms with E-state index in [4.69, 9.17) is 30.5 Å². The Morgan fingerprint density at radius 2 is 1.93 bits per heavy atom. The molecule has 218 valence electrons. The van der Waals surface area contributed by atoms with Gasteiger partial charge in [0.1, 0.15) is 29.8 Å². The molecule has 1 amide bonds. The van der Waals surface area contributed by atoms with Crippen LogP contribution in [-0.2, 0) is 28.6 Å². The lowest BCUT2D eigenvalue weighted by atomic mass is 10.1. The Balaban J connectivity index is 1.56. The molecule has 0 radical (unpaired) electrons. The number of nitrogens with one attached hydrogen (secondary N) is 2. The molecule has 2 aliphatic heterocycles. The van der Waals surface area contributed by atoms with Gasteiger partial charge in [-0.05, 0) is 38.4 Å². The van der Waals surface area contributed by atoms with Crippen molar-refractivity contribution in [1.29, 1.82) is 0 Å². The normalized spacial score (nSPS) is 19.6. The number of benzene rings is 2. The number of fused-ring (bicyclic) bond motifs is 1. The molecule has 2 aromatic carbocycles. The van der Waals surface area contributed by atoms with Gasteiger partial charge in [-0.2, -0.15) is 0 Å². The maximum Gasteiger partial charge on any atom is 0.336 e. The first-order chi connectivity index (χ1) is 20.2. The Morgan fingerprint density at radius 3 is 2.64 bits per heavy atom. The summed E-state index contributed by atoms with van der Waals surface area (Å²) in [7, 11) is 3.38. The smallest absolute Gasteiger partial charge is 0.336 e. The Kier molecular flexibility index (Phi) is 8.61. The van der Waals surface area contributed by atoms with Crippen LogP contribution in [0.3, 0.4) is 0 Å². The summed E-state index contributed by atoms with van der Waals surface area (Å²) in [6, 6.07) is 7.31. The maximum atomic E-state index is 13.7. The van der Waals surface area contributed by atoms with Gasteiger partial charge in [0.2, 0.25) is 5.76 Å². The summed E-state index contributed by atoms with van der Waals surface area (Å²) in [6.45, 7) is 0.857. The number of rotatable bonds is 8. The lowest BCUT2D eigenvalue weighted by molar-refractivity contribution is -0.142. The number of amides is 1. The van der Waals surface area contributed by atoms with E-state index in [0.29, 0.717) is 42.0 Å². The van der Waals surface area contributed by atoms with E-state index >= 15 is 0 Å². The fourth-order valence-corrected chi connectivity index (χ4v) is 4.33. The predicted octanol–water partition coefficient (Wildman–Crippen LogP) is 3.70. The summed E-state index contributed by atoms with van der Waals surface area (Å²) < 4.78 is 35.8. The molecule has 5 rings (SSSR count). The number of hydrogen-bond donors (Lipinski definition) is 2. The van der Waals surface area contributed by atoms with Crippen LogP contribution in [0.5, 0.6) is 5.75 Å². The average molecular weight is 598 g/mol. The number of halogens is 2. The van der Waals surface area contributed by atoms with E-state index in [-0.39, 0.29) is 34.9 Å². The van der Waals surface area contributed by atoms with Crippen molar-refractivity contribution in [2.24, 2.45) is 0 Å². The molecule has 12 nitrogen and oxygen atoms in total. The van der Waals surface area contributed by atoms with E-state index in [2.05, 4.69) is 20.6 Å². The third-order valence-electron chi connectivity index (χ3n) is 6.05. The van der Waals surface area contributed by atoms with Gasteiger partial charge in [0.05, 0.1) is 36.0 Å². The maximum absolute atomic E-state index is 13.7. The zero-order valence-corrected chi connectivity index (χ0v) is 23.2. The Labute approximate surface area is 244 Å². The molecule has 1 aromatic heterocycles. The van der Waals surface area contributed by atoms with Gasteiger partial charge in [-0.15, -0.1) is 0 Å². The number of ether oxygens (including phenoxy) is 4. The van der Waals surface area contributed by atoms with Gasteiger partial charge < -0.3 is 34.5 Å². The van der Waals surface area contributed by atoms with E-state index < -0.39 is 29.4 Å². The molecule has 1 unspecified atom stereocenters. The number of nitrogens with zero attached hydrogens (tertiary/aromatic N) is 3. The minimum Gasteiger partial charge on any atom is -0.486 e. The van der Waals surface area contributed by atoms with E-state index in [9.17, 15) is 18.8 Å². The van der Waals surface area contributed by atoms with Gasteiger partial charge in [0, 0.05) is 35.7 Å². The molecule has 3 aromatic rings. The van der Waals surface area contributed by atoms with Crippen LogP contribution >= 0.6 is 11.6 Å². The van der Waals surface area contributed by atoms with E-state index in [0.717, 1.165) is 12.2 Å². The summed E-state index contributed by atoms with van der Waals surface area (Å²) in [5.41, 5.74) is 1.12. The second kappa shape index (κ2) is 12.5. The highest BCUT2D eigenvalue weighted by Crippen LogP contribution is 2.35. The molecular weight excluding hydrogens is 573 g/mol. The fourth-order valence-electron chi connectivity index (χ4n) is 4.15. The van der Waals surface area contributed by atoms with Gasteiger partial charge in [-0.1, -0.05) is 11.6 Å². The highest BCUT2D eigenvalue weighted by molar-refractivity contribution is 6.31. The minimum absolute atomic E-state index is 0.0156. The number of carbonyl (C=O) groups is 3. The second-order valence-corrected chi connectivity index (χ2v) is 9.97. The third kappa shape index (κ3) is 6.82. The van der Waals surface area contributed by atoms with Crippen molar-refractivity contribution in [2.45, 2.75) is 12.5 Å². The highest BCUT2D eigenvalue weighted by Gasteiger charge is 2.28. The zero-order valence-electron chi connectivity index (χ0n) is 22.5. The number of cyclic esters (lactones) is 2. The molecule has 1 fully saturated rings. The number of likely N-dealkylation sites (N-methyl/N-ethyl adjacent to an activating group) is 1. The largest absolute Gasteiger partial charge is 0.486 e. The lowest BCUT2D eigenvalue weighted by Crippen LogP contribution is -2.28. The molecular formula is C28H25ClFN5O7. The van der Waals surface area contributed by atoms with Crippen LogP contribution in [0.25, 0.3) is 10.9 Å². The first-order valence-corrected chi connectivity index (χ1v) is 13.1. The molecule has 14 heteroatoms. The SMILES string of the molecule is CN(C)C/C1=C(\C(=O)Nc2cc3c(Nc4ccc(F)c(Cl)c4)ncnc3cc2OC2CCOC2)OC(=O)/C=C\C(=O)O1. The topological polar surface area (TPSA) is 141 Å². The Morgan fingerprint density at radius 1 is 1.14 bits per heavy atom. The van der Waals surface area contributed by atoms with Crippen LogP contribution in [0.2, 0.25) is 5.02 Å². The van der Waals surface area contributed by atoms with Crippen molar-refractivity contribution in [1.82, 2.24) is 14.9 Å². The van der Waals surface area contributed by atoms with Crippen LogP contribution in [0, 0.1) is 5.82 Å². The van der Waals surface area contributed by atoms with Gasteiger partial charge in [0.15, 0.2) is 5.76 Å². The summed E-state index contributed by atoms with van der Waals surface area (Å²) in [4.78, 5) is 48.3. The molecule has 0 aliphatic carbocycles. The van der Waals surface area contributed by atoms with Gasteiger partial charge in [-0.25, -0.2) is 23.9 Å². The molecule has 2 N–H and O–H groups in total. The van der Waals surface area contributed by atoms with Gasteiger partial charge >= 0.3 is 11.9 Å². The van der Waals surface area contributed by atoms with Crippen LogP contribution in [-0.4, -0.2) is 72.7 Å². The van der Waals surface area contributed by atoms with E-state index in [1.54, 1.807) is 31.1 Å². The number of aromatic nitrogens is 2. The monoisotopic (exact) mass is 597 g/mol. The van der Waals surface area contributed by atoms with Crippen molar-refractivity contribution in [2.75, 3.05) is 44.5 Å².